The van der Waals surface area contributed by atoms with Crippen molar-refractivity contribution in [3.05, 3.63) is 24.3 Å². The zero-order chi connectivity index (χ0) is 11.0. The number of allylic oxidation sites excluding steroid dienone is 3. The minimum Gasteiger partial charge on any atom is -0.302 e. The summed E-state index contributed by atoms with van der Waals surface area (Å²) in [7, 11) is 2.27. The van der Waals surface area contributed by atoms with Crippen LogP contribution in [0.1, 0.15) is 20.8 Å². The molecule has 5 atom stereocenters. The van der Waals surface area contributed by atoms with E-state index in [0.29, 0.717) is 28.7 Å². The van der Waals surface area contributed by atoms with Crippen LogP contribution >= 0.6 is 0 Å². The van der Waals surface area contributed by atoms with Gasteiger partial charge in [-0.3, -0.25) is 0 Å². The van der Waals surface area contributed by atoms with E-state index >= 15 is 0 Å². The van der Waals surface area contributed by atoms with Gasteiger partial charge < -0.3 is 4.90 Å². The lowest BCUT2D eigenvalue weighted by atomic mass is 9.59. The Morgan fingerprint density at radius 1 is 1.33 bits per heavy atom. The molecule has 1 nitrogen and oxygen atoms in total. The Labute approximate surface area is 92.8 Å². The van der Waals surface area contributed by atoms with Gasteiger partial charge in [-0.2, -0.15) is 0 Å². The first-order valence-corrected chi connectivity index (χ1v) is 6.00. The number of likely N-dealkylation sites (tertiary alicyclic amines) is 1. The summed E-state index contributed by atoms with van der Waals surface area (Å²) >= 11 is 0. The summed E-state index contributed by atoms with van der Waals surface area (Å²) in [6.45, 7) is 12.9. The predicted molar refractivity (Wildman–Crippen MR) is 63.6 cm³/mol. The van der Waals surface area contributed by atoms with Gasteiger partial charge in [-0.25, -0.2) is 0 Å². The fourth-order valence-electron chi connectivity index (χ4n) is 4.68. The van der Waals surface area contributed by atoms with Gasteiger partial charge in [0, 0.05) is 29.8 Å². The van der Waals surface area contributed by atoms with Crippen LogP contribution in [0.15, 0.2) is 24.3 Å². The summed E-state index contributed by atoms with van der Waals surface area (Å²) in [6, 6.07) is 0.666. The third-order valence-corrected chi connectivity index (χ3v) is 5.96. The van der Waals surface area contributed by atoms with Crippen molar-refractivity contribution >= 4 is 0 Å². The summed E-state index contributed by atoms with van der Waals surface area (Å²) < 4.78 is 0. The average molecular weight is 203 g/mol. The van der Waals surface area contributed by atoms with Gasteiger partial charge >= 0.3 is 0 Å². The van der Waals surface area contributed by atoms with Crippen LogP contribution in [0, 0.1) is 22.7 Å². The smallest absolute Gasteiger partial charge is 0.0133 e. The van der Waals surface area contributed by atoms with Gasteiger partial charge in [-0.15, -0.1) is 0 Å². The van der Waals surface area contributed by atoms with E-state index in [1.807, 2.05) is 0 Å². The van der Waals surface area contributed by atoms with E-state index < -0.39 is 0 Å². The number of hydrogen-bond donors (Lipinski definition) is 0. The molecule has 3 rings (SSSR count). The standard InChI is InChI=1S/C14H21N/c1-9-11-6-7-12(9)14(4)10(2)15(5)8-13(11,14)3/h6-7,10-12H,1,8H2,2-5H3/t10-,11?,12?,13-,14+/m1/s1. The van der Waals surface area contributed by atoms with Crippen LogP contribution in [0.3, 0.4) is 0 Å². The van der Waals surface area contributed by atoms with Gasteiger partial charge in [-0.05, 0) is 19.4 Å². The Bertz CT molecular complexity index is 370. The highest BCUT2D eigenvalue weighted by molar-refractivity contribution is 5.42. The van der Waals surface area contributed by atoms with Crippen LogP contribution in [-0.2, 0) is 0 Å². The minimum absolute atomic E-state index is 0.401. The molecule has 1 heterocycles. The lowest BCUT2D eigenvalue weighted by Crippen LogP contribution is -2.43. The third kappa shape index (κ3) is 0.750. The predicted octanol–water partition coefficient (Wildman–Crippen LogP) is 2.70. The fraction of sp³-hybridized carbons (Fsp3) is 0.714. The molecule has 0 amide bonds. The molecule has 0 aromatic rings. The molecule has 0 radical (unpaired) electrons. The average Bonchev–Trinajstić information content (AvgIpc) is 2.67. The lowest BCUT2D eigenvalue weighted by molar-refractivity contribution is 0.0903. The van der Waals surface area contributed by atoms with Crippen molar-refractivity contribution in [1.29, 1.82) is 0 Å². The summed E-state index contributed by atoms with van der Waals surface area (Å²) in [5.41, 5.74) is 2.29. The molecule has 3 aliphatic rings. The normalized spacial score (nSPS) is 57.9. The molecule has 15 heavy (non-hydrogen) atoms. The quantitative estimate of drug-likeness (QED) is 0.547. The van der Waals surface area contributed by atoms with Gasteiger partial charge in [0.15, 0.2) is 0 Å². The molecule has 82 valence electrons. The SMILES string of the molecule is C=C1C2C=CC1[C@]1(C)[C@@H](C)N(C)C[C@]21C. The van der Waals surface area contributed by atoms with Crippen LogP contribution < -0.4 is 0 Å². The van der Waals surface area contributed by atoms with Gasteiger partial charge in [0.2, 0.25) is 0 Å². The highest BCUT2D eigenvalue weighted by Gasteiger charge is 2.68. The summed E-state index contributed by atoms with van der Waals surface area (Å²) in [5, 5.41) is 0. The van der Waals surface area contributed by atoms with Crippen LogP contribution in [0.25, 0.3) is 0 Å². The zero-order valence-electron chi connectivity index (χ0n) is 10.2. The van der Waals surface area contributed by atoms with Crippen molar-refractivity contribution in [3.8, 4) is 0 Å². The molecular formula is C14H21N. The molecule has 2 unspecified atom stereocenters. The second-order valence-electron chi connectivity index (χ2n) is 6.21. The van der Waals surface area contributed by atoms with E-state index in [-0.39, 0.29) is 0 Å². The van der Waals surface area contributed by atoms with E-state index in [4.69, 9.17) is 0 Å². The monoisotopic (exact) mass is 203 g/mol. The number of rotatable bonds is 0. The summed E-state index contributed by atoms with van der Waals surface area (Å²) in [5.74, 6) is 1.24. The van der Waals surface area contributed by atoms with Crippen LogP contribution in [0.5, 0.6) is 0 Å². The second kappa shape index (κ2) is 2.40. The minimum atomic E-state index is 0.401. The van der Waals surface area contributed by atoms with E-state index in [0.717, 1.165) is 0 Å². The van der Waals surface area contributed by atoms with Crippen molar-refractivity contribution in [2.45, 2.75) is 26.8 Å². The van der Waals surface area contributed by atoms with Gasteiger partial charge in [-0.1, -0.05) is 38.2 Å². The van der Waals surface area contributed by atoms with Crippen molar-refractivity contribution in [1.82, 2.24) is 4.90 Å². The van der Waals surface area contributed by atoms with E-state index in [9.17, 15) is 0 Å². The maximum absolute atomic E-state index is 4.33. The molecule has 0 aromatic heterocycles. The Kier molecular flexibility index (Phi) is 1.54. The molecule has 1 heteroatoms. The molecule has 2 fully saturated rings. The number of hydrogen-bond acceptors (Lipinski definition) is 1. The van der Waals surface area contributed by atoms with Crippen molar-refractivity contribution in [3.63, 3.8) is 0 Å². The molecule has 2 aliphatic carbocycles. The first-order valence-electron chi connectivity index (χ1n) is 6.00. The molecule has 2 bridgehead atoms. The molecule has 1 aliphatic heterocycles. The summed E-state index contributed by atoms with van der Waals surface area (Å²) in [6.07, 6.45) is 4.81. The Hall–Kier alpha value is -0.560. The molecule has 1 saturated heterocycles. The van der Waals surface area contributed by atoms with E-state index in [1.165, 1.54) is 12.1 Å². The Morgan fingerprint density at radius 3 is 2.53 bits per heavy atom. The highest BCUT2D eigenvalue weighted by atomic mass is 15.2. The first kappa shape index (κ1) is 9.65. The fourth-order valence-corrected chi connectivity index (χ4v) is 4.68. The first-order chi connectivity index (χ1) is 6.93. The molecule has 0 N–H and O–H groups in total. The van der Waals surface area contributed by atoms with Gasteiger partial charge in [0.1, 0.15) is 0 Å². The Morgan fingerprint density at radius 2 is 1.93 bits per heavy atom. The van der Waals surface area contributed by atoms with Crippen LogP contribution in [0.2, 0.25) is 0 Å². The van der Waals surface area contributed by atoms with E-state index in [2.05, 4.69) is 51.4 Å². The lowest BCUT2D eigenvalue weighted by Gasteiger charge is -2.43. The van der Waals surface area contributed by atoms with Gasteiger partial charge in [0.25, 0.3) is 0 Å². The van der Waals surface area contributed by atoms with Crippen LogP contribution in [-0.4, -0.2) is 24.5 Å². The summed E-state index contributed by atoms with van der Waals surface area (Å²) in [4.78, 5) is 2.53. The zero-order valence-corrected chi connectivity index (χ0v) is 10.2. The highest BCUT2D eigenvalue weighted by Crippen LogP contribution is 2.70. The largest absolute Gasteiger partial charge is 0.302 e. The van der Waals surface area contributed by atoms with E-state index in [1.54, 1.807) is 0 Å². The molecule has 1 saturated carbocycles. The van der Waals surface area contributed by atoms with Crippen LogP contribution in [0.4, 0.5) is 0 Å². The van der Waals surface area contributed by atoms with Crippen molar-refractivity contribution < 1.29 is 0 Å². The second-order valence-corrected chi connectivity index (χ2v) is 6.21. The maximum Gasteiger partial charge on any atom is 0.0133 e. The molecule has 0 spiro atoms. The third-order valence-electron chi connectivity index (χ3n) is 5.96. The number of fused-ring (bicyclic) bond motifs is 5. The molecule has 0 aromatic carbocycles. The number of nitrogens with zero attached hydrogens (tertiary/aromatic N) is 1. The maximum atomic E-state index is 4.33. The molecular weight excluding hydrogens is 182 g/mol. The topological polar surface area (TPSA) is 3.24 Å². The van der Waals surface area contributed by atoms with Crippen molar-refractivity contribution in [2.24, 2.45) is 22.7 Å². The van der Waals surface area contributed by atoms with Gasteiger partial charge in [0.05, 0.1) is 0 Å². The van der Waals surface area contributed by atoms with Crippen molar-refractivity contribution in [2.75, 3.05) is 13.6 Å². The Balaban J connectivity index is 2.19.